The summed E-state index contributed by atoms with van der Waals surface area (Å²) in [6.45, 7) is 6.90. The molecule has 1 aliphatic heterocycles. The quantitative estimate of drug-likeness (QED) is 0.922. The van der Waals surface area contributed by atoms with Crippen molar-refractivity contribution in [3.05, 3.63) is 30.1 Å². The van der Waals surface area contributed by atoms with E-state index in [9.17, 15) is 9.18 Å². The molecule has 0 aliphatic carbocycles. The Balaban J connectivity index is 0.00000242. The molecule has 0 spiro atoms. The molecule has 4 nitrogen and oxygen atoms in total. The first-order chi connectivity index (χ1) is 10.0. The number of nitrogens with zero attached hydrogens (tertiary/aromatic N) is 2. The number of nitrogens with two attached hydrogens (primary N) is 1. The van der Waals surface area contributed by atoms with Crippen molar-refractivity contribution in [3.63, 3.8) is 0 Å². The largest absolute Gasteiger partial charge is 0.368 e. The second-order valence-electron chi connectivity index (χ2n) is 5.70. The van der Waals surface area contributed by atoms with Crippen molar-refractivity contribution in [1.29, 1.82) is 0 Å². The van der Waals surface area contributed by atoms with Crippen LogP contribution >= 0.6 is 12.4 Å². The number of amides is 1. The molecule has 124 valence electrons. The molecule has 0 aromatic heterocycles. The van der Waals surface area contributed by atoms with E-state index in [1.54, 1.807) is 12.1 Å². The normalized spacial score (nSPS) is 17.6. The third-order valence-corrected chi connectivity index (χ3v) is 4.33. The molecule has 6 heteroatoms. The molecule has 2 unspecified atom stereocenters. The fourth-order valence-corrected chi connectivity index (χ4v) is 2.55. The maximum Gasteiger partial charge on any atom is 0.239 e. The van der Waals surface area contributed by atoms with Gasteiger partial charge in [0.25, 0.3) is 0 Å². The van der Waals surface area contributed by atoms with Crippen LogP contribution in [0.5, 0.6) is 0 Å². The van der Waals surface area contributed by atoms with Crippen LogP contribution in [0.15, 0.2) is 24.3 Å². The van der Waals surface area contributed by atoms with E-state index >= 15 is 0 Å². The second kappa shape index (κ2) is 8.34. The van der Waals surface area contributed by atoms with Gasteiger partial charge in [-0.15, -0.1) is 12.4 Å². The molecule has 0 radical (unpaired) electrons. The SMILES string of the molecule is CCC(C)C(N)C(=O)N1CCN(c2ccc(F)cc2)CC1.Cl. The number of hydrogen-bond donors (Lipinski definition) is 1. The summed E-state index contributed by atoms with van der Waals surface area (Å²) in [5, 5.41) is 0. The van der Waals surface area contributed by atoms with Crippen LogP contribution in [-0.2, 0) is 4.79 Å². The molecule has 1 aromatic carbocycles. The minimum atomic E-state index is -0.410. The number of anilines is 1. The first kappa shape index (κ1) is 18.7. The minimum absolute atomic E-state index is 0. The molecule has 0 bridgehead atoms. The van der Waals surface area contributed by atoms with E-state index in [4.69, 9.17) is 5.73 Å². The smallest absolute Gasteiger partial charge is 0.239 e. The molecule has 1 amide bonds. The minimum Gasteiger partial charge on any atom is -0.368 e. The molecule has 0 saturated carbocycles. The van der Waals surface area contributed by atoms with Gasteiger partial charge >= 0.3 is 0 Å². The van der Waals surface area contributed by atoms with Crippen molar-refractivity contribution in [2.75, 3.05) is 31.1 Å². The van der Waals surface area contributed by atoms with Crippen LogP contribution in [0, 0.1) is 11.7 Å². The predicted octanol–water partition coefficient (Wildman–Crippen LogP) is 2.27. The maximum atomic E-state index is 12.9. The van der Waals surface area contributed by atoms with Gasteiger partial charge in [-0.25, -0.2) is 4.39 Å². The Bertz CT molecular complexity index is 475. The molecule has 2 N–H and O–H groups in total. The molecular weight excluding hydrogens is 305 g/mol. The lowest BCUT2D eigenvalue weighted by Crippen LogP contribution is -2.54. The standard InChI is InChI=1S/C16H24FN3O.ClH/c1-3-12(2)15(18)16(21)20-10-8-19(9-11-20)14-6-4-13(17)5-7-14;/h4-7,12,15H,3,8-11,18H2,1-2H3;1H. The van der Waals surface area contributed by atoms with E-state index in [0.717, 1.165) is 25.2 Å². The Morgan fingerprint density at radius 2 is 1.77 bits per heavy atom. The highest BCUT2D eigenvalue weighted by molar-refractivity contribution is 5.85. The van der Waals surface area contributed by atoms with Crippen LogP contribution in [0.2, 0.25) is 0 Å². The lowest BCUT2D eigenvalue weighted by Gasteiger charge is -2.37. The molecule has 1 fully saturated rings. The van der Waals surface area contributed by atoms with Crippen molar-refractivity contribution in [3.8, 4) is 0 Å². The molecule has 1 aliphatic rings. The molecule has 1 aromatic rings. The van der Waals surface area contributed by atoms with Gasteiger partial charge in [0.2, 0.25) is 5.91 Å². The number of carbonyl (C=O) groups is 1. The average Bonchev–Trinajstić information content (AvgIpc) is 2.53. The first-order valence-electron chi connectivity index (χ1n) is 7.57. The summed E-state index contributed by atoms with van der Waals surface area (Å²) in [5.74, 6) is 0.0165. The van der Waals surface area contributed by atoms with Crippen molar-refractivity contribution < 1.29 is 9.18 Å². The molecule has 1 heterocycles. The lowest BCUT2D eigenvalue weighted by atomic mass is 9.98. The molecule has 2 rings (SSSR count). The molecular formula is C16H25ClFN3O. The van der Waals surface area contributed by atoms with Gasteiger partial charge < -0.3 is 15.5 Å². The monoisotopic (exact) mass is 329 g/mol. The fraction of sp³-hybridized carbons (Fsp3) is 0.562. The zero-order chi connectivity index (χ0) is 15.4. The van der Waals surface area contributed by atoms with Crippen molar-refractivity contribution in [1.82, 2.24) is 4.90 Å². The highest BCUT2D eigenvalue weighted by atomic mass is 35.5. The number of benzene rings is 1. The molecule has 1 saturated heterocycles. The molecule has 22 heavy (non-hydrogen) atoms. The summed E-state index contributed by atoms with van der Waals surface area (Å²) in [4.78, 5) is 16.3. The third kappa shape index (κ3) is 4.34. The van der Waals surface area contributed by atoms with Gasteiger partial charge in [-0.2, -0.15) is 0 Å². The van der Waals surface area contributed by atoms with E-state index in [1.807, 2.05) is 18.7 Å². The van der Waals surface area contributed by atoms with Crippen molar-refractivity contribution in [2.24, 2.45) is 11.7 Å². The Morgan fingerprint density at radius 1 is 1.23 bits per heavy atom. The lowest BCUT2D eigenvalue weighted by molar-refractivity contribution is -0.134. The van der Waals surface area contributed by atoms with E-state index in [1.165, 1.54) is 12.1 Å². The van der Waals surface area contributed by atoms with Crippen LogP contribution in [0.3, 0.4) is 0 Å². The van der Waals surface area contributed by atoms with E-state index < -0.39 is 6.04 Å². The van der Waals surface area contributed by atoms with Gasteiger partial charge in [0.05, 0.1) is 6.04 Å². The van der Waals surface area contributed by atoms with E-state index in [2.05, 4.69) is 4.90 Å². The summed E-state index contributed by atoms with van der Waals surface area (Å²) >= 11 is 0. The summed E-state index contributed by atoms with van der Waals surface area (Å²) in [5.41, 5.74) is 7.01. The van der Waals surface area contributed by atoms with Gasteiger partial charge in [-0.05, 0) is 30.2 Å². The Morgan fingerprint density at radius 3 is 2.27 bits per heavy atom. The van der Waals surface area contributed by atoms with Gasteiger partial charge in [-0.1, -0.05) is 20.3 Å². The van der Waals surface area contributed by atoms with Crippen LogP contribution in [0.4, 0.5) is 10.1 Å². The zero-order valence-electron chi connectivity index (χ0n) is 13.2. The Labute approximate surface area is 137 Å². The van der Waals surface area contributed by atoms with E-state index in [-0.39, 0.29) is 30.0 Å². The van der Waals surface area contributed by atoms with Gasteiger partial charge in [-0.3, -0.25) is 4.79 Å². The predicted molar refractivity (Wildman–Crippen MR) is 89.9 cm³/mol. The zero-order valence-corrected chi connectivity index (χ0v) is 14.0. The summed E-state index contributed by atoms with van der Waals surface area (Å²) in [6, 6.07) is 6.07. The Kier molecular flexibility index (Phi) is 7.10. The second-order valence-corrected chi connectivity index (χ2v) is 5.70. The average molecular weight is 330 g/mol. The highest BCUT2D eigenvalue weighted by Crippen LogP contribution is 2.18. The van der Waals surface area contributed by atoms with Gasteiger partial charge in [0, 0.05) is 31.9 Å². The summed E-state index contributed by atoms with van der Waals surface area (Å²) in [7, 11) is 0. The number of carbonyl (C=O) groups excluding carboxylic acids is 1. The third-order valence-electron chi connectivity index (χ3n) is 4.33. The van der Waals surface area contributed by atoms with Crippen molar-refractivity contribution in [2.45, 2.75) is 26.3 Å². The molecule has 2 atom stereocenters. The first-order valence-corrected chi connectivity index (χ1v) is 7.57. The number of halogens is 2. The number of hydrogen-bond acceptors (Lipinski definition) is 3. The highest BCUT2D eigenvalue weighted by Gasteiger charge is 2.27. The number of piperazine rings is 1. The summed E-state index contributed by atoms with van der Waals surface area (Å²) < 4.78 is 12.9. The number of rotatable bonds is 4. The topological polar surface area (TPSA) is 49.6 Å². The summed E-state index contributed by atoms with van der Waals surface area (Å²) in [6.07, 6.45) is 0.905. The van der Waals surface area contributed by atoms with Crippen LogP contribution < -0.4 is 10.6 Å². The van der Waals surface area contributed by atoms with Crippen molar-refractivity contribution >= 4 is 24.0 Å². The van der Waals surface area contributed by atoms with E-state index in [0.29, 0.717) is 13.1 Å². The Hall–Kier alpha value is -1.33. The fourth-order valence-electron chi connectivity index (χ4n) is 2.55. The van der Waals surface area contributed by atoms with Crippen LogP contribution in [0.25, 0.3) is 0 Å². The van der Waals surface area contributed by atoms with Gasteiger partial charge in [0.15, 0.2) is 0 Å². The maximum absolute atomic E-state index is 12.9. The van der Waals surface area contributed by atoms with Gasteiger partial charge in [0.1, 0.15) is 5.82 Å². The van der Waals surface area contributed by atoms with Crippen LogP contribution in [0.1, 0.15) is 20.3 Å². The van der Waals surface area contributed by atoms with Crippen LogP contribution in [-0.4, -0.2) is 43.0 Å².